The molecule has 0 radical (unpaired) electrons. The summed E-state index contributed by atoms with van der Waals surface area (Å²) in [7, 11) is 0. The zero-order valence-corrected chi connectivity index (χ0v) is 19.0. The summed E-state index contributed by atoms with van der Waals surface area (Å²) in [4.78, 5) is 39.4. The van der Waals surface area contributed by atoms with Gasteiger partial charge in [0.05, 0.1) is 17.2 Å². The molecule has 2 aromatic carbocycles. The molecule has 1 aromatic heterocycles. The highest BCUT2D eigenvalue weighted by molar-refractivity contribution is 6.31. The Bertz CT molecular complexity index is 1240. The van der Waals surface area contributed by atoms with E-state index in [-0.39, 0.29) is 24.8 Å². The molecule has 1 saturated heterocycles. The Morgan fingerprint density at radius 3 is 2.67 bits per heavy atom. The fraction of sp³-hybridized carbons (Fsp3) is 0.292. The quantitative estimate of drug-likeness (QED) is 0.529. The Balaban J connectivity index is 1.49. The Kier molecular flexibility index (Phi) is 6.40. The monoisotopic (exact) mass is 467 g/mol. The van der Waals surface area contributed by atoms with Crippen LogP contribution in [0.2, 0.25) is 5.02 Å². The van der Waals surface area contributed by atoms with E-state index in [0.29, 0.717) is 34.5 Å². The van der Waals surface area contributed by atoms with E-state index < -0.39 is 18.1 Å². The zero-order valence-electron chi connectivity index (χ0n) is 18.3. The van der Waals surface area contributed by atoms with E-state index in [1.165, 1.54) is 15.7 Å². The summed E-state index contributed by atoms with van der Waals surface area (Å²) in [6.07, 6.45) is 2.70. The summed E-state index contributed by atoms with van der Waals surface area (Å²) in [5.41, 5.74) is 14.5. The van der Waals surface area contributed by atoms with Crippen LogP contribution in [0.5, 0.6) is 0 Å². The van der Waals surface area contributed by atoms with Crippen LogP contribution in [0.25, 0.3) is 10.9 Å². The first-order valence-electron chi connectivity index (χ1n) is 10.8. The van der Waals surface area contributed by atoms with Crippen molar-refractivity contribution >= 4 is 46.0 Å². The van der Waals surface area contributed by atoms with E-state index in [4.69, 9.17) is 23.1 Å². The largest absolute Gasteiger partial charge is 0.351 e. The Hall–Kier alpha value is -3.36. The van der Waals surface area contributed by atoms with Crippen molar-refractivity contribution in [2.24, 2.45) is 11.5 Å². The minimum absolute atomic E-state index is 0.0469. The number of nitrogens with zero attached hydrogens (tertiary/aromatic N) is 2. The molecule has 4 rings (SSSR count). The van der Waals surface area contributed by atoms with Crippen LogP contribution in [0, 0.1) is 6.92 Å². The summed E-state index contributed by atoms with van der Waals surface area (Å²) in [6.45, 7) is 2.20. The van der Waals surface area contributed by atoms with Gasteiger partial charge in [-0.05, 0) is 43.0 Å². The fourth-order valence-electron chi connectivity index (χ4n) is 4.27. The van der Waals surface area contributed by atoms with Gasteiger partial charge >= 0.3 is 12.1 Å². The maximum Gasteiger partial charge on any atom is 0.323 e. The lowest BCUT2D eigenvalue weighted by atomic mass is 10.0. The summed E-state index contributed by atoms with van der Waals surface area (Å²) in [6, 6.07) is 10.9. The van der Waals surface area contributed by atoms with E-state index in [1.54, 1.807) is 24.3 Å². The number of urea groups is 1. The number of benzene rings is 2. The summed E-state index contributed by atoms with van der Waals surface area (Å²) < 4.78 is 1.27. The van der Waals surface area contributed by atoms with Crippen molar-refractivity contribution in [1.82, 2.24) is 9.47 Å². The second kappa shape index (κ2) is 9.25. The molecule has 1 aliphatic heterocycles. The third kappa shape index (κ3) is 4.72. The molecule has 0 aliphatic carbocycles. The van der Waals surface area contributed by atoms with Gasteiger partial charge in [0.25, 0.3) is 0 Å². The number of Topliss-reactive ketones (excluding diaryl/α,β-unsaturated/α-hetero) is 1. The molecule has 9 heteroatoms. The zero-order chi connectivity index (χ0) is 23.7. The molecule has 33 heavy (non-hydrogen) atoms. The van der Waals surface area contributed by atoms with Gasteiger partial charge in [-0.3, -0.25) is 9.36 Å². The van der Waals surface area contributed by atoms with Crippen LogP contribution < -0.4 is 16.8 Å². The number of aromatic nitrogens is 1. The second-order valence-corrected chi connectivity index (χ2v) is 8.82. The number of rotatable bonds is 5. The highest BCUT2D eigenvalue weighted by atomic mass is 35.5. The van der Waals surface area contributed by atoms with Crippen LogP contribution in [0.15, 0.2) is 48.7 Å². The third-order valence-electron chi connectivity index (χ3n) is 6.05. The molecule has 0 unspecified atom stereocenters. The number of nitrogens with two attached hydrogens (primary N) is 2. The van der Waals surface area contributed by atoms with E-state index >= 15 is 0 Å². The van der Waals surface area contributed by atoms with Gasteiger partial charge in [0.15, 0.2) is 5.78 Å². The van der Waals surface area contributed by atoms with Gasteiger partial charge in [-0.15, -0.1) is 0 Å². The van der Waals surface area contributed by atoms with Gasteiger partial charge in [-0.2, -0.15) is 0 Å². The van der Waals surface area contributed by atoms with Crippen molar-refractivity contribution < 1.29 is 14.4 Å². The average molecular weight is 468 g/mol. The highest BCUT2D eigenvalue weighted by Gasteiger charge is 2.38. The van der Waals surface area contributed by atoms with E-state index in [0.717, 1.165) is 11.1 Å². The van der Waals surface area contributed by atoms with Gasteiger partial charge in [-0.1, -0.05) is 41.9 Å². The van der Waals surface area contributed by atoms with Crippen molar-refractivity contribution in [3.63, 3.8) is 0 Å². The predicted octanol–water partition coefficient (Wildman–Crippen LogP) is 3.67. The molecular weight excluding hydrogens is 442 g/mol. The maximum absolute atomic E-state index is 13.1. The first-order chi connectivity index (χ1) is 15.7. The first-order valence-corrected chi connectivity index (χ1v) is 11.1. The number of primary amides is 1. The molecule has 1 fully saturated rings. The van der Waals surface area contributed by atoms with E-state index in [1.807, 2.05) is 25.1 Å². The number of likely N-dealkylation sites (tertiary alicyclic amines) is 1. The molecule has 1 aliphatic rings. The number of amides is 3. The number of anilines is 1. The Morgan fingerprint density at radius 2 is 1.94 bits per heavy atom. The molecule has 172 valence electrons. The SMILES string of the molecule is Cc1ccc(CCC(=O)[C@@H]2C[C@H](N)CN2C(=O)Nc2cn(C(N)=O)c3ccccc23)cc1Cl. The van der Waals surface area contributed by atoms with Crippen molar-refractivity contribution in [2.75, 3.05) is 11.9 Å². The van der Waals surface area contributed by atoms with Crippen LogP contribution in [0.4, 0.5) is 15.3 Å². The minimum Gasteiger partial charge on any atom is -0.351 e. The van der Waals surface area contributed by atoms with Crippen LogP contribution in [-0.4, -0.2) is 45.9 Å². The number of hydrogen-bond acceptors (Lipinski definition) is 4. The summed E-state index contributed by atoms with van der Waals surface area (Å²) in [5, 5.41) is 4.17. The van der Waals surface area contributed by atoms with E-state index in [2.05, 4.69) is 5.32 Å². The molecule has 0 saturated carbocycles. The second-order valence-electron chi connectivity index (χ2n) is 8.41. The summed E-state index contributed by atoms with van der Waals surface area (Å²) in [5.74, 6) is -0.0469. The van der Waals surface area contributed by atoms with Gasteiger partial charge in [0, 0.05) is 35.6 Å². The summed E-state index contributed by atoms with van der Waals surface area (Å²) >= 11 is 6.19. The van der Waals surface area contributed by atoms with Crippen molar-refractivity contribution in [1.29, 1.82) is 0 Å². The van der Waals surface area contributed by atoms with Gasteiger partial charge in [0.1, 0.15) is 0 Å². The lowest BCUT2D eigenvalue weighted by Crippen LogP contribution is -2.43. The molecule has 2 atom stereocenters. The maximum atomic E-state index is 13.1. The lowest BCUT2D eigenvalue weighted by molar-refractivity contribution is -0.122. The standard InChI is InChI=1S/C24H26ClN5O3/c1-14-6-7-15(10-18(14)25)8-9-22(31)21-11-16(26)12-30(21)24(33)28-19-13-29(23(27)32)20-5-3-2-4-17(19)20/h2-7,10,13,16,21H,8-9,11-12,26H2,1H3,(H2,27,32)(H,28,33)/t16-,21-/m0/s1. The number of hydrogen-bond donors (Lipinski definition) is 3. The van der Waals surface area contributed by atoms with Crippen LogP contribution >= 0.6 is 11.6 Å². The first kappa shape index (κ1) is 22.8. The normalized spacial score (nSPS) is 18.0. The number of fused-ring (bicyclic) bond motifs is 1. The van der Waals surface area contributed by atoms with Crippen molar-refractivity contribution in [2.45, 2.75) is 38.3 Å². The van der Waals surface area contributed by atoms with Crippen LogP contribution in [0.1, 0.15) is 24.0 Å². The number of ketones is 1. The number of nitrogens with one attached hydrogen (secondary N) is 1. The smallest absolute Gasteiger partial charge is 0.323 e. The van der Waals surface area contributed by atoms with Crippen LogP contribution in [-0.2, 0) is 11.2 Å². The fourth-order valence-corrected chi connectivity index (χ4v) is 4.48. The molecule has 3 amide bonds. The highest BCUT2D eigenvalue weighted by Crippen LogP contribution is 2.27. The Labute approximate surface area is 196 Å². The predicted molar refractivity (Wildman–Crippen MR) is 129 cm³/mol. The van der Waals surface area contributed by atoms with Crippen molar-refractivity contribution in [3.05, 3.63) is 64.8 Å². The number of halogens is 1. The third-order valence-corrected chi connectivity index (χ3v) is 6.46. The van der Waals surface area contributed by atoms with Crippen LogP contribution in [0.3, 0.4) is 0 Å². The van der Waals surface area contributed by atoms with Gasteiger partial charge in [0.2, 0.25) is 0 Å². The lowest BCUT2D eigenvalue weighted by Gasteiger charge is -2.24. The number of aryl methyl sites for hydroxylation is 2. The number of carbonyl (C=O) groups is 3. The Morgan fingerprint density at radius 1 is 1.18 bits per heavy atom. The molecular formula is C24H26ClN5O3. The molecule has 2 heterocycles. The van der Waals surface area contributed by atoms with Gasteiger partial charge < -0.3 is 21.7 Å². The van der Waals surface area contributed by atoms with Crippen molar-refractivity contribution in [3.8, 4) is 0 Å². The van der Waals surface area contributed by atoms with E-state index in [9.17, 15) is 14.4 Å². The van der Waals surface area contributed by atoms with Gasteiger partial charge in [-0.25, -0.2) is 9.59 Å². The number of para-hydroxylation sites is 1. The molecule has 0 bridgehead atoms. The average Bonchev–Trinajstić information content (AvgIpc) is 3.35. The number of carbonyl (C=O) groups excluding carboxylic acids is 3. The molecule has 8 nitrogen and oxygen atoms in total. The topological polar surface area (TPSA) is 123 Å². The molecule has 0 spiro atoms. The molecule has 3 aromatic rings. The minimum atomic E-state index is -0.654. The molecule has 5 N–H and O–H groups in total.